The largest absolute Gasteiger partial charge is 0.334 e. The third-order valence-electron chi connectivity index (χ3n) is 5.37. The number of nitrogens with zero attached hydrogens (tertiary/aromatic N) is 2. The molecule has 0 spiro atoms. The molecule has 3 aromatic rings. The monoisotopic (exact) mass is 349 g/mol. The molecule has 1 saturated heterocycles. The molecule has 0 aliphatic carbocycles. The zero-order valence-electron chi connectivity index (χ0n) is 15.4. The second-order valence-electron chi connectivity index (χ2n) is 7.21. The van der Waals surface area contributed by atoms with Crippen LogP contribution in [0.4, 0.5) is 5.95 Å². The number of fused-ring (bicyclic) bond motifs is 1. The lowest BCUT2D eigenvalue weighted by atomic mass is 9.98. The average Bonchev–Trinajstić information content (AvgIpc) is 2.65. The molecule has 0 amide bonds. The number of hydrogen-bond donors (Lipinski definition) is 2. The van der Waals surface area contributed by atoms with Crippen LogP contribution in [0.15, 0.2) is 47.3 Å². The number of rotatable bonds is 3. The van der Waals surface area contributed by atoms with E-state index in [1.165, 1.54) is 15.7 Å². The van der Waals surface area contributed by atoms with Crippen LogP contribution >= 0.6 is 0 Å². The normalized spacial score (nSPS) is 15.5. The summed E-state index contributed by atoms with van der Waals surface area (Å²) < 4.78 is 0. The van der Waals surface area contributed by atoms with Gasteiger partial charge in [0.15, 0.2) is 0 Å². The number of H-pyrrole nitrogens is 1. The summed E-state index contributed by atoms with van der Waals surface area (Å²) in [6.07, 6.45) is 0.600. The zero-order chi connectivity index (χ0) is 18.1. The van der Waals surface area contributed by atoms with Gasteiger partial charge in [0, 0.05) is 12.0 Å². The van der Waals surface area contributed by atoms with Gasteiger partial charge in [0.1, 0.15) is 0 Å². The Bertz CT molecular complexity index is 981. The van der Waals surface area contributed by atoms with Crippen molar-refractivity contribution in [3.8, 4) is 0 Å². The number of aryl methyl sites for hydroxylation is 1. The van der Waals surface area contributed by atoms with E-state index >= 15 is 0 Å². The molecule has 1 aromatic heterocycles. The van der Waals surface area contributed by atoms with Crippen LogP contribution in [0, 0.1) is 6.92 Å². The molecule has 2 N–H and O–H groups in total. The first-order valence-electron chi connectivity index (χ1n) is 9.24. The van der Waals surface area contributed by atoms with Crippen molar-refractivity contribution in [2.75, 3.05) is 38.1 Å². The van der Waals surface area contributed by atoms with Crippen molar-refractivity contribution in [2.24, 2.45) is 0 Å². The van der Waals surface area contributed by atoms with Gasteiger partial charge in [-0.05, 0) is 23.3 Å². The van der Waals surface area contributed by atoms with Crippen LogP contribution < -0.4 is 15.4 Å². The highest BCUT2D eigenvalue weighted by Crippen LogP contribution is 2.21. The zero-order valence-corrected chi connectivity index (χ0v) is 15.4. The fraction of sp³-hybridized carbons (Fsp3) is 0.333. The van der Waals surface area contributed by atoms with E-state index in [9.17, 15) is 4.79 Å². The minimum absolute atomic E-state index is 0.0216. The molecular weight excluding hydrogens is 324 g/mol. The Hall–Kier alpha value is -2.66. The first-order chi connectivity index (χ1) is 12.6. The van der Waals surface area contributed by atoms with Gasteiger partial charge in [-0.3, -0.25) is 9.78 Å². The Kier molecular flexibility index (Phi) is 4.47. The molecular formula is C21H25N4O+. The van der Waals surface area contributed by atoms with Crippen molar-refractivity contribution in [1.29, 1.82) is 0 Å². The summed E-state index contributed by atoms with van der Waals surface area (Å²) in [5, 5.41) is 2.39. The third kappa shape index (κ3) is 3.22. The van der Waals surface area contributed by atoms with Crippen molar-refractivity contribution < 1.29 is 4.90 Å². The second kappa shape index (κ2) is 6.92. The molecule has 0 saturated carbocycles. The predicted molar refractivity (Wildman–Crippen MR) is 105 cm³/mol. The van der Waals surface area contributed by atoms with Crippen molar-refractivity contribution in [3.05, 3.63) is 69.6 Å². The average molecular weight is 349 g/mol. The molecule has 5 nitrogen and oxygen atoms in total. The standard InChI is InChI=1S/C21H24N4O/c1-15-19(14-17-8-5-7-16-6-3-4-9-18(16)17)20(26)23-21(22-15)25-12-10-24(2)11-13-25/h3-9H,10-14H2,1-2H3,(H,22,23,26)/p+1. The molecule has 134 valence electrons. The van der Waals surface area contributed by atoms with E-state index in [2.05, 4.69) is 47.3 Å². The summed E-state index contributed by atoms with van der Waals surface area (Å²) in [7, 11) is 2.20. The number of hydrogen-bond acceptors (Lipinski definition) is 3. The van der Waals surface area contributed by atoms with Crippen LogP contribution in [0.25, 0.3) is 10.8 Å². The van der Waals surface area contributed by atoms with Gasteiger partial charge in [-0.2, -0.15) is 0 Å². The summed E-state index contributed by atoms with van der Waals surface area (Å²) >= 11 is 0. The Labute approximate surface area is 153 Å². The molecule has 0 bridgehead atoms. The van der Waals surface area contributed by atoms with Gasteiger partial charge in [-0.15, -0.1) is 0 Å². The number of anilines is 1. The van der Waals surface area contributed by atoms with E-state index < -0.39 is 0 Å². The van der Waals surface area contributed by atoms with Gasteiger partial charge in [-0.1, -0.05) is 42.5 Å². The van der Waals surface area contributed by atoms with Gasteiger partial charge in [0.05, 0.1) is 38.9 Å². The maximum atomic E-state index is 12.8. The van der Waals surface area contributed by atoms with Crippen LogP contribution in [0.1, 0.15) is 16.8 Å². The van der Waals surface area contributed by atoms with Gasteiger partial charge in [-0.25, -0.2) is 4.98 Å². The van der Waals surface area contributed by atoms with Gasteiger partial charge in [0.2, 0.25) is 5.95 Å². The maximum absolute atomic E-state index is 12.8. The highest BCUT2D eigenvalue weighted by molar-refractivity contribution is 5.85. The molecule has 1 aliphatic heterocycles. The fourth-order valence-corrected chi connectivity index (χ4v) is 3.69. The molecule has 2 heterocycles. The van der Waals surface area contributed by atoms with Gasteiger partial charge in [0.25, 0.3) is 5.56 Å². The van der Waals surface area contributed by atoms with Crippen LogP contribution in [0.3, 0.4) is 0 Å². The molecule has 0 unspecified atom stereocenters. The molecule has 0 radical (unpaired) electrons. The van der Waals surface area contributed by atoms with Crippen LogP contribution in [0.2, 0.25) is 0 Å². The van der Waals surface area contributed by atoms with Crippen molar-refractivity contribution in [3.63, 3.8) is 0 Å². The SMILES string of the molecule is Cc1nc(N2CC[NH+](C)CC2)[nH]c(=O)c1Cc1cccc2ccccc12. The number of piperazine rings is 1. The van der Waals surface area contributed by atoms with E-state index in [-0.39, 0.29) is 5.56 Å². The van der Waals surface area contributed by atoms with Crippen molar-refractivity contribution in [2.45, 2.75) is 13.3 Å². The maximum Gasteiger partial charge on any atom is 0.256 e. The third-order valence-corrected chi connectivity index (χ3v) is 5.37. The Morgan fingerprint density at radius 3 is 2.62 bits per heavy atom. The molecule has 26 heavy (non-hydrogen) atoms. The summed E-state index contributed by atoms with van der Waals surface area (Å²) in [5.74, 6) is 0.710. The van der Waals surface area contributed by atoms with E-state index in [1.54, 1.807) is 0 Å². The predicted octanol–water partition coefficient (Wildman–Crippen LogP) is 1.16. The highest BCUT2D eigenvalue weighted by atomic mass is 16.1. The number of aromatic amines is 1. The topological polar surface area (TPSA) is 53.4 Å². The summed E-state index contributed by atoms with van der Waals surface area (Å²) in [5.41, 5.74) is 2.72. The Balaban J connectivity index is 1.66. The summed E-state index contributed by atoms with van der Waals surface area (Å²) in [6, 6.07) is 14.5. The van der Waals surface area contributed by atoms with E-state index in [4.69, 9.17) is 4.98 Å². The number of nitrogens with one attached hydrogen (secondary N) is 2. The minimum atomic E-state index is -0.0216. The second-order valence-corrected chi connectivity index (χ2v) is 7.21. The first-order valence-corrected chi connectivity index (χ1v) is 9.24. The molecule has 0 atom stereocenters. The quantitative estimate of drug-likeness (QED) is 0.746. The molecule has 5 heteroatoms. The number of aromatic nitrogens is 2. The molecule has 2 aromatic carbocycles. The minimum Gasteiger partial charge on any atom is -0.334 e. The lowest BCUT2D eigenvalue weighted by Gasteiger charge is -2.30. The molecule has 1 aliphatic rings. The molecule has 4 rings (SSSR count). The van der Waals surface area contributed by atoms with Gasteiger partial charge >= 0.3 is 0 Å². The van der Waals surface area contributed by atoms with Gasteiger partial charge < -0.3 is 9.80 Å². The highest BCUT2D eigenvalue weighted by Gasteiger charge is 2.20. The Morgan fingerprint density at radius 2 is 1.85 bits per heavy atom. The summed E-state index contributed by atoms with van der Waals surface area (Å²) in [4.78, 5) is 24.2. The first kappa shape index (κ1) is 16.8. The van der Waals surface area contributed by atoms with E-state index in [0.29, 0.717) is 12.4 Å². The van der Waals surface area contributed by atoms with E-state index in [1.807, 2.05) is 19.1 Å². The van der Waals surface area contributed by atoms with Crippen LogP contribution in [-0.4, -0.2) is 43.2 Å². The smallest absolute Gasteiger partial charge is 0.256 e. The number of likely N-dealkylation sites (N-methyl/N-ethyl adjacent to an activating group) is 1. The fourth-order valence-electron chi connectivity index (χ4n) is 3.69. The lowest BCUT2D eigenvalue weighted by Crippen LogP contribution is -3.12. The van der Waals surface area contributed by atoms with Crippen LogP contribution in [-0.2, 0) is 6.42 Å². The van der Waals surface area contributed by atoms with Crippen molar-refractivity contribution in [1.82, 2.24) is 9.97 Å². The Morgan fingerprint density at radius 1 is 1.12 bits per heavy atom. The van der Waals surface area contributed by atoms with Crippen molar-refractivity contribution >= 4 is 16.7 Å². The van der Waals surface area contributed by atoms with Crippen LogP contribution in [0.5, 0.6) is 0 Å². The van der Waals surface area contributed by atoms with E-state index in [0.717, 1.165) is 43.0 Å². The summed E-state index contributed by atoms with van der Waals surface area (Å²) in [6.45, 7) is 5.94. The molecule has 1 fully saturated rings. The number of quaternary nitrogens is 1. The lowest BCUT2D eigenvalue weighted by molar-refractivity contribution is -0.880. The number of benzene rings is 2.